The summed E-state index contributed by atoms with van der Waals surface area (Å²) in [7, 11) is 0. The molecule has 20 heavy (non-hydrogen) atoms. The van der Waals surface area contributed by atoms with E-state index in [2.05, 4.69) is 10.6 Å². The van der Waals surface area contributed by atoms with Crippen molar-refractivity contribution in [2.45, 2.75) is 58.5 Å². The number of carbonyl (C=O) groups is 2. The molecule has 5 nitrogen and oxygen atoms in total. The first-order chi connectivity index (χ1) is 9.49. The second-order valence-electron chi connectivity index (χ2n) is 6.08. The quantitative estimate of drug-likeness (QED) is 0.627. The molecule has 0 saturated heterocycles. The average molecular weight is 284 g/mol. The molecule has 1 rings (SSSR count). The van der Waals surface area contributed by atoms with Gasteiger partial charge in [-0.1, -0.05) is 26.7 Å². The standard InChI is InChI=1S/C15H28N2O3/c1-11(2)13(18)7-8-16-15(20)10-17-14(19)9-12-5-3-4-6-12/h11-13,18H,3-10H2,1-2H3,(H,16,20)(H,17,19). The number of hydrogen-bond acceptors (Lipinski definition) is 3. The van der Waals surface area contributed by atoms with E-state index in [4.69, 9.17) is 0 Å². The average Bonchev–Trinajstić information content (AvgIpc) is 2.89. The highest BCUT2D eigenvalue weighted by molar-refractivity contribution is 5.84. The number of rotatable bonds is 8. The number of aliphatic hydroxyl groups excluding tert-OH is 1. The normalized spacial score (nSPS) is 17.2. The summed E-state index contributed by atoms with van der Waals surface area (Å²) < 4.78 is 0. The molecule has 1 aliphatic carbocycles. The fourth-order valence-electron chi connectivity index (χ4n) is 2.48. The SMILES string of the molecule is CC(C)C(O)CCNC(=O)CNC(=O)CC1CCCC1. The minimum atomic E-state index is -0.396. The van der Waals surface area contributed by atoms with E-state index in [0.717, 1.165) is 12.8 Å². The zero-order chi connectivity index (χ0) is 15.0. The van der Waals surface area contributed by atoms with Crippen LogP contribution in [0.4, 0.5) is 0 Å². The Bertz CT molecular complexity index is 312. The minimum absolute atomic E-state index is 0.0311. The first kappa shape index (κ1) is 17.0. The lowest BCUT2D eigenvalue weighted by Gasteiger charge is -2.14. The summed E-state index contributed by atoms with van der Waals surface area (Å²) in [6.45, 7) is 4.35. The summed E-state index contributed by atoms with van der Waals surface area (Å²) in [5.74, 6) is 0.465. The van der Waals surface area contributed by atoms with Crippen molar-refractivity contribution < 1.29 is 14.7 Å². The van der Waals surface area contributed by atoms with Gasteiger partial charge in [-0.05, 0) is 31.1 Å². The predicted octanol–water partition coefficient (Wildman–Crippen LogP) is 1.21. The molecule has 1 saturated carbocycles. The van der Waals surface area contributed by atoms with Gasteiger partial charge in [0.05, 0.1) is 12.6 Å². The van der Waals surface area contributed by atoms with Crippen molar-refractivity contribution in [2.75, 3.05) is 13.1 Å². The van der Waals surface area contributed by atoms with Gasteiger partial charge in [0.2, 0.25) is 11.8 Å². The van der Waals surface area contributed by atoms with Crippen LogP contribution in [-0.2, 0) is 9.59 Å². The van der Waals surface area contributed by atoms with Crippen molar-refractivity contribution in [3.8, 4) is 0 Å². The predicted molar refractivity (Wildman–Crippen MR) is 78.1 cm³/mol. The van der Waals surface area contributed by atoms with Gasteiger partial charge in [-0.25, -0.2) is 0 Å². The summed E-state index contributed by atoms with van der Waals surface area (Å²) >= 11 is 0. The smallest absolute Gasteiger partial charge is 0.239 e. The Morgan fingerprint density at radius 1 is 1.15 bits per heavy atom. The zero-order valence-electron chi connectivity index (χ0n) is 12.7. The molecule has 0 aliphatic heterocycles. The van der Waals surface area contributed by atoms with Crippen LogP contribution in [0.15, 0.2) is 0 Å². The fraction of sp³-hybridized carbons (Fsp3) is 0.867. The highest BCUT2D eigenvalue weighted by atomic mass is 16.3. The first-order valence-electron chi connectivity index (χ1n) is 7.70. The maximum absolute atomic E-state index is 11.6. The zero-order valence-corrected chi connectivity index (χ0v) is 12.7. The van der Waals surface area contributed by atoms with Gasteiger partial charge in [0.1, 0.15) is 0 Å². The van der Waals surface area contributed by atoms with Crippen LogP contribution in [0, 0.1) is 11.8 Å². The van der Waals surface area contributed by atoms with Crippen LogP contribution in [0.5, 0.6) is 0 Å². The molecule has 1 aliphatic rings. The lowest BCUT2D eigenvalue weighted by atomic mass is 10.0. The lowest BCUT2D eigenvalue weighted by Crippen LogP contribution is -2.38. The van der Waals surface area contributed by atoms with E-state index in [1.54, 1.807) is 0 Å². The Balaban J connectivity index is 2.05. The molecule has 0 spiro atoms. The summed E-state index contributed by atoms with van der Waals surface area (Å²) in [4.78, 5) is 23.2. The molecule has 0 heterocycles. The van der Waals surface area contributed by atoms with Gasteiger partial charge in [-0.3, -0.25) is 9.59 Å². The molecule has 116 valence electrons. The highest BCUT2D eigenvalue weighted by Gasteiger charge is 2.18. The molecule has 0 aromatic rings. The molecule has 0 radical (unpaired) electrons. The van der Waals surface area contributed by atoms with E-state index >= 15 is 0 Å². The van der Waals surface area contributed by atoms with E-state index in [1.807, 2.05) is 13.8 Å². The van der Waals surface area contributed by atoms with E-state index < -0.39 is 6.10 Å². The molecule has 1 unspecified atom stereocenters. The molecule has 0 aromatic heterocycles. The molecule has 1 atom stereocenters. The van der Waals surface area contributed by atoms with Gasteiger partial charge in [-0.15, -0.1) is 0 Å². The summed E-state index contributed by atoms with van der Waals surface area (Å²) in [5, 5.41) is 15.0. The van der Waals surface area contributed by atoms with Crippen LogP contribution in [-0.4, -0.2) is 36.1 Å². The van der Waals surface area contributed by atoms with E-state index in [1.165, 1.54) is 12.8 Å². The maximum atomic E-state index is 11.6. The van der Waals surface area contributed by atoms with Crippen molar-refractivity contribution in [2.24, 2.45) is 11.8 Å². The summed E-state index contributed by atoms with van der Waals surface area (Å²) in [6, 6.07) is 0. The third kappa shape index (κ3) is 6.89. The van der Waals surface area contributed by atoms with Crippen LogP contribution >= 0.6 is 0 Å². The number of amides is 2. The molecule has 3 N–H and O–H groups in total. The van der Waals surface area contributed by atoms with Crippen molar-refractivity contribution >= 4 is 11.8 Å². The van der Waals surface area contributed by atoms with Crippen molar-refractivity contribution in [3.63, 3.8) is 0 Å². The fourth-order valence-corrected chi connectivity index (χ4v) is 2.48. The monoisotopic (exact) mass is 284 g/mol. The Morgan fingerprint density at radius 3 is 2.40 bits per heavy atom. The van der Waals surface area contributed by atoms with Gasteiger partial charge in [0.25, 0.3) is 0 Å². The van der Waals surface area contributed by atoms with Crippen molar-refractivity contribution in [1.82, 2.24) is 10.6 Å². The van der Waals surface area contributed by atoms with Crippen LogP contribution in [0.3, 0.4) is 0 Å². The third-order valence-electron chi connectivity index (χ3n) is 3.93. The first-order valence-corrected chi connectivity index (χ1v) is 7.70. The second-order valence-corrected chi connectivity index (χ2v) is 6.08. The third-order valence-corrected chi connectivity index (χ3v) is 3.93. The molecule has 0 aromatic carbocycles. The maximum Gasteiger partial charge on any atom is 0.239 e. The number of hydrogen-bond donors (Lipinski definition) is 3. The van der Waals surface area contributed by atoms with Gasteiger partial charge in [0, 0.05) is 13.0 Å². The Kier molecular flexibility index (Phi) is 7.59. The van der Waals surface area contributed by atoms with Crippen LogP contribution in [0.2, 0.25) is 0 Å². The van der Waals surface area contributed by atoms with Crippen LogP contribution < -0.4 is 10.6 Å². The van der Waals surface area contributed by atoms with Gasteiger partial charge >= 0.3 is 0 Å². The van der Waals surface area contributed by atoms with Gasteiger partial charge in [0.15, 0.2) is 0 Å². The molecule has 0 bridgehead atoms. The number of aliphatic hydroxyl groups is 1. The molecular weight excluding hydrogens is 256 g/mol. The van der Waals surface area contributed by atoms with Crippen molar-refractivity contribution in [1.29, 1.82) is 0 Å². The van der Waals surface area contributed by atoms with Crippen LogP contribution in [0.1, 0.15) is 52.4 Å². The lowest BCUT2D eigenvalue weighted by molar-refractivity contribution is -0.126. The Labute approximate surface area is 121 Å². The molecule has 1 fully saturated rings. The van der Waals surface area contributed by atoms with E-state index in [9.17, 15) is 14.7 Å². The molecular formula is C15H28N2O3. The largest absolute Gasteiger partial charge is 0.393 e. The van der Waals surface area contributed by atoms with E-state index in [0.29, 0.717) is 25.3 Å². The highest BCUT2D eigenvalue weighted by Crippen LogP contribution is 2.27. The van der Waals surface area contributed by atoms with Gasteiger partial charge < -0.3 is 15.7 Å². The topological polar surface area (TPSA) is 78.4 Å². The van der Waals surface area contributed by atoms with Crippen molar-refractivity contribution in [3.05, 3.63) is 0 Å². The van der Waals surface area contributed by atoms with Crippen LogP contribution in [0.25, 0.3) is 0 Å². The Hall–Kier alpha value is -1.10. The minimum Gasteiger partial charge on any atom is -0.393 e. The molecule has 5 heteroatoms. The number of carbonyl (C=O) groups excluding carboxylic acids is 2. The summed E-state index contributed by atoms with van der Waals surface area (Å²) in [6.07, 6.45) is 5.39. The Morgan fingerprint density at radius 2 is 1.80 bits per heavy atom. The molecule has 2 amide bonds. The summed E-state index contributed by atoms with van der Waals surface area (Å²) in [5.41, 5.74) is 0. The van der Waals surface area contributed by atoms with Gasteiger partial charge in [-0.2, -0.15) is 0 Å². The second kappa shape index (κ2) is 8.95. The number of nitrogens with one attached hydrogen (secondary N) is 2. The van der Waals surface area contributed by atoms with E-state index in [-0.39, 0.29) is 24.3 Å².